The molecule has 0 aromatic heterocycles. The highest BCUT2D eigenvalue weighted by molar-refractivity contribution is 5.97. The highest BCUT2D eigenvalue weighted by Gasteiger charge is 2.21. The maximum atomic E-state index is 12.3. The molecule has 1 aliphatic heterocycles. The SMILES string of the molecule is COc1ccccc1C(=O)NCc1ccc(N2CCCC2=O)cc1. The van der Waals surface area contributed by atoms with Crippen molar-refractivity contribution >= 4 is 17.5 Å². The molecule has 1 saturated heterocycles. The first-order valence-corrected chi connectivity index (χ1v) is 7.99. The molecule has 0 unspecified atom stereocenters. The van der Waals surface area contributed by atoms with Crippen molar-refractivity contribution in [3.8, 4) is 5.75 Å². The number of para-hydroxylation sites is 1. The number of ether oxygens (including phenoxy) is 1. The van der Waals surface area contributed by atoms with E-state index in [9.17, 15) is 9.59 Å². The lowest BCUT2D eigenvalue weighted by Crippen LogP contribution is -2.24. The lowest BCUT2D eigenvalue weighted by molar-refractivity contribution is -0.117. The quantitative estimate of drug-likeness (QED) is 0.920. The van der Waals surface area contributed by atoms with Gasteiger partial charge in [-0.15, -0.1) is 0 Å². The molecule has 3 rings (SSSR count). The number of carbonyl (C=O) groups is 2. The molecule has 0 saturated carbocycles. The van der Waals surface area contributed by atoms with E-state index < -0.39 is 0 Å². The highest BCUT2D eigenvalue weighted by atomic mass is 16.5. The molecule has 0 spiro atoms. The van der Waals surface area contributed by atoms with Crippen molar-refractivity contribution in [3.05, 3.63) is 59.7 Å². The van der Waals surface area contributed by atoms with Crippen LogP contribution in [0.3, 0.4) is 0 Å². The molecule has 0 atom stereocenters. The summed E-state index contributed by atoms with van der Waals surface area (Å²) in [6.45, 7) is 1.20. The molecular weight excluding hydrogens is 304 g/mol. The number of methoxy groups -OCH3 is 1. The lowest BCUT2D eigenvalue weighted by Gasteiger charge is -2.16. The smallest absolute Gasteiger partial charge is 0.255 e. The van der Waals surface area contributed by atoms with Crippen molar-refractivity contribution in [1.29, 1.82) is 0 Å². The summed E-state index contributed by atoms with van der Waals surface area (Å²) >= 11 is 0. The van der Waals surface area contributed by atoms with Crippen LogP contribution >= 0.6 is 0 Å². The molecule has 1 aliphatic rings. The van der Waals surface area contributed by atoms with Crippen molar-refractivity contribution in [2.24, 2.45) is 0 Å². The molecule has 2 aromatic carbocycles. The second-order valence-electron chi connectivity index (χ2n) is 5.70. The molecule has 5 nitrogen and oxygen atoms in total. The van der Waals surface area contributed by atoms with Crippen LogP contribution in [0, 0.1) is 0 Å². The van der Waals surface area contributed by atoms with Crippen molar-refractivity contribution < 1.29 is 14.3 Å². The van der Waals surface area contributed by atoms with E-state index in [1.54, 1.807) is 30.2 Å². The van der Waals surface area contributed by atoms with Crippen LogP contribution in [-0.2, 0) is 11.3 Å². The number of carbonyl (C=O) groups excluding carboxylic acids is 2. The van der Waals surface area contributed by atoms with Crippen molar-refractivity contribution in [1.82, 2.24) is 5.32 Å². The fourth-order valence-corrected chi connectivity index (χ4v) is 2.82. The molecule has 124 valence electrons. The highest BCUT2D eigenvalue weighted by Crippen LogP contribution is 2.22. The van der Waals surface area contributed by atoms with Crippen LogP contribution < -0.4 is 15.0 Å². The number of amides is 2. The fourth-order valence-electron chi connectivity index (χ4n) is 2.82. The maximum Gasteiger partial charge on any atom is 0.255 e. The van der Waals surface area contributed by atoms with Crippen LogP contribution in [0.2, 0.25) is 0 Å². The third-order valence-electron chi connectivity index (χ3n) is 4.13. The average Bonchev–Trinajstić information content (AvgIpc) is 3.06. The average molecular weight is 324 g/mol. The minimum atomic E-state index is -0.175. The minimum absolute atomic E-state index is 0.173. The van der Waals surface area contributed by atoms with Gasteiger partial charge in [0.15, 0.2) is 0 Å². The maximum absolute atomic E-state index is 12.3. The zero-order valence-corrected chi connectivity index (χ0v) is 13.6. The van der Waals surface area contributed by atoms with E-state index in [0.29, 0.717) is 24.3 Å². The summed E-state index contributed by atoms with van der Waals surface area (Å²) < 4.78 is 5.20. The predicted molar refractivity (Wildman–Crippen MR) is 92.2 cm³/mol. The normalized spacial score (nSPS) is 13.9. The zero-order chi connectivity index (χ0) is 16.9. The molecule has 2 aromatic rings. The van der Waals surface area contributed by atoms with Crippen LogP contribution in [0.15, 0.2) is 48.5 Å². The Bertz CT molecular complexity index is 741. The van der Waals surface area contributed by atoms with E-state index in [4.69, 9.17) is 4.74 Å². The van der Waals surface area contributed by atoms with Crippen LogP contribution in [-0.4, -0.2) is 25.5 Å². The Morgan fingerprint density at radius 3 is 2.58 bits per heavy atom. The van der Waals surface area contributed by atoms with E-state index in [0.717, 1.165) is 24.2 Å². The first-order chi connectivity index (χ1) is 11.7. The summed E-state index contributed by atoms with van der Waals surface area (Å²) in [6, 6.07) is 14.8. The van der Waals surface area contributed by atoms with E-state index in [2.05, 4.69) is 5.32 Å². The molecule has 5 heteroatoms. The Balaban J connectivity index is 1.62. The Morgan fingerprint density at radius 2 is 1.92 bits per heavy atom. The van der Waals surface area contributed by atoms with E-state index in [1.807, 2.05) is 30.3 Å². The van der Waals surface area contributed by atoms with Gasteiger partial charge in [0.1, 0.15) is 5.75 Å². The fraction of sp³-hybridized carbons (Fsp3) is 0.263. The van der Waals surface area contributed by atoms with Gasteiger partial charge in [-0.05, 0) is 36.2 Å². The zero-order valence-electron chi connectivity index (χ0n) is 13.6. The minimum Gasteiger partial charge on any atom is -0.496 e. The molecule has 0 aliphatic carbocycles. The molecule has 0 bridgehead atoms. The summed E-state index contributed by atoms with van der Waals surface area (Å²) in [6.07, 6.45) is 1.53. The topological polar surface area (TPSA) is 58.6 Å². The first-order valence-electron chi connectivity index (χ1n) is 7.99. The third kappa shape index (κ3) is 3.40. The molecule has 2 amide bonds. The van der Waals surface area contributed by atoms with E-state index >= 15 is 0 Å². The van der Waals surface area contributed by atoms with E-state index in [1.165, 1.54) is 0 Å². The summed E-state index contributed by atoms with van der Waals surface area (Å²) in [4.78, 5) is 25.8. The Kier molecular flexibility index (Phi) is 4.79. The van der Waals surface area contributed by atoms with Gasteiger partial charge in [-0.25, -0.2) is 0 Å². The molecule has 1 fully saturated rings. The standard InChI is InChI=1S/C19H20N2O3/c1-24-17-6-3-2-5-16(17)19(23)20-13-14-8-10-15(11-9-14)21-12-4-7-18(21)22/h2-3,5-6,8-11H,4,7,12-13H2,1H3,(H,20,23). The van der Waals surface area contributed by atoms with Crippen LogP contribution in [0.5, 0.6) is 5.75 Å². The molecular formula is C19H20N2O3. The lowest BCUT2D eigenvalue weighted by atomic mass is 10.1. The van der Waals surface area contributed by atoms with Gasteiger partial charge in [0.2, 0.25) is 5.91 Å². The van der Waals surface area contributed by atoms with Gasteiger partial charge in [0.25, 0.3) is 5.91 Å². The van der Waals surface area contributed by atoms with Crippen molar-refractivity contribution in [2.75, 3.05) is 18.6 Å². The Hall–Kier alpha value is -2.82. The molecule has 0 radical (unpaired) electrons. The third-order valence-corrected chi connectivity index (χ3v) is 4.13. The number of nitrogens with one attached hydrogen (secondary N) is 1. The largest absolute Gasteiger partial charge is 0.496 e. The number of hydrogen-bond donors (Lipinski definition) is 1. The summed E-state index contributed by atoms with van der Waals surface area (Å²) in [7, 11) is 1.55. The number of hydrogen-bond acceptors (Lipinski definition) is 3. The van der Waals surface area contributed by atoms with Gasteiger partial charge >= 0.3 is 0 Å². The van der Waals surface area contributed by atoms with Gasteiger partial charge < -0.3 is 15.0 Å². The molecule has 1 heterocycles. The first kappa shape index (κ1) is 16.1. The monoisotopic (exact) mass is 324 g/mol. The van der Waals surface area contributed by atoms with Crippen molar-refractivity contribution in [3.63, 3.8) is 0 Å². The summed E-state index contributed by atoms with van der Waals surface area (Å²) in [5, 5.41) is 2.89. The molecule has 1 N–H and O–H groups in total. The number of anilines is 1. The van der Waals surface area contributed by atoms with Gasteiger partial charge in [0, 0.05) is 25.2 Å². The second kappa shape index (κ2) is 7.17. The van der Waals surface area contributed by atoms with E-state index in [-0.39, 0.29) is 11.8 Å². The van der Waals surface area contributed by atoms with Crippen molar-refractivity contribution in [2.45, 2.75) is 19.4 Å². The second-order valence-corrected chi connectivity index (χ2v) is 5.70. The number of rotatable bonds is 5. The number of nitrogens with zero attached hydrogens (tertiary/aromatic N) is 1. The summed E-state index contributed by atoms with van der Waals surface area (Å²) in [5.41, 5.74) is 2.41. The van der Waals surface area contributed by atoms with Gasteiger partial charge in [-0.3, -0.25) is 9.59 Å². The summed E-state index contributed by atoms with van der Waals surface area (Å²) in [5.74, 6) is 0.552. The van der Waals surface area contributed by atoms with Gasteiger partial charge in [-0.2, -0.15) is 0 Å². The molecule has 24 heavy (non-hydrogen) atoms. The van der Waals surface area contributed by atoms with Crippen LogP contribution in [0.4, 0.5) is 5.69 Å². The predicted octanol–water partition coefficient (Wildman–Crippen LogP) is 2.75. The Labute approximate surface area is 141 Å². The van der Waals surface area contributed by atoms with Gasteiger partial charge in [0.05, 0.1) is 12.7 Å². The van der Waals surface area contributed by atoms with Crippen LogP contribution in [0.1, 0.15) is 28.8 Å². The Morgan fingerprint density at radius 1 is 1.17 bits per heavy atom. The van der Waals surface area contributed by atoms with Crippen LogP contribution in [0.25, 0.3) is 0 Å². The number of benzene rings is 2. The van der Waals surface area contributed by atoms with Gasteiger partial charge in [-0.1, -0.05) is 24.3 Å².